The van der Waals surface area contributed by atoms with E-state index < -0.39 is 28.9 Å². The highest BCUT2D eigenvalue weighted by Gasteiger charge is 2.51. The van der Waals surface area contributed by atoms with Crippen LogP contribution in [0.3, 0.4) is 0 Å². The molecule has 0 N–H and O–H groups in total. The van der Waals surface area contributed by atoms with Crippen molar-refractivity contribution in [1.29, 1.82) is 5.26 Å². The van der Waals surface area contributed by atoms with Gasteiger partial charge >= 0.3 is 6.18 Å². The van der Waals surface area contributed by atoms with E-state index in [1.165, 1.54) is 6.07 Å². The predicted octanol–water partition coefficient (Wildman–Crippen LogP) is 6.74. The molecule has 1 saturated heterocycles. The first-order chi connectivity index (χ1) is 18.5. The molecule has 1 aliphatic carbocycles. The highest BCUT2D eigenvalue weighted by Crippen LogP contribution is 2.45. The van der Waals surface area contributed by atoms with Crippen molar-refractivity contribution in [3.8, 4) is 11.8 Å². The number of amides is 1. The number of thiocarbonyl (C=S) groups is 1. The fourth-order valence-corrected chi connectivity index (χ4v) is 5.44. The summed E-state index contributed by atoms with van der Waals surface area (Å²) in [7, 11) is 0. The molecule has 2 fully saturated rings. The maximum Gasteiger partial charge on any atom is 0.419 e. The largest absolute Gasteiger partial charge is 0.489 e. The molecule has 2 aromatic carbocycles. The number of alkyl halides is 3. The van der Waals surface area contributed by atoms with Gasteiger partial charge in [0.05, 0.1) is 17.4 Å². The second kappa shape index (κ2) is 9.97. The molecule has 10 heteroatoms. The first-order valence-electron chi connectivity index (χ1n) is 12.5. The van der Waals surface area contributed by atoms with Crippen LogP contribution in [0, 0.1) is 11.3 Å². The molecule has 0 spiro atoms. The molecule has 2 aliphatic rings. The summed E-state index contributed by atoms with van der Waals surface area (Å²) in [6.07, 6.45) is -0.610. The van der Waals surface area contributed by atoms with Gasteiger partial charge in [0, 0.05) is 5.69 Å². The SMILES string of the molecule is CC1(C)C(=O)N(c2cnc(C#N)c(C(F)(F)F)c2)C(=S)N1c1ccc(OCc2ccccc2)c(C2CCC2)c1. The maximum absolute atomic E-state index is 13.6. The first kappa shape index (κ1) is 26.6. The minimum absolute atomic E-state index is 0.0298. The number of nitriles is 1. The van der Waals surface area contributed by atoms with Crippen LogP contribution in [0.15, 0.2) is 60.8 Å². The number of hydrogen-bond acceptors (Lipinski definition) is 5. The van der Waals surface area contributed by atoms with Gasteiger partial charge in [-0.25, -0.2) is 4.98 Å². The maximum atomic E-state index is 13.6. The second-order valence-electron chi connectivity index (χ2n) is 10.1. The topological polar surface area (TPSA) is 69.5 Å². The lowest BCUT2D eigenvalue weighted by atomic mass is 9.79. The standard InChI is InChI=1S/C29H25F3N4O2S/c1-28(2)26(37)35(21-14-23(29(30,31)32)24(15-33)34-16-21)27(39)36(28)20-11-12-25(22(13-20)19-9-6-10-19)38-17-18-7-4-3-5-8-18/h3-5,7-8,11-14,16,19H,6,9-10,17H2,1-2H3. The zero-order valence-electron chi connectivity index (χ0n) is 21.3. The van der Waals surface area contributed by atoms with Crippen molar-refractivity contribution < 1.29 is 22.7 Å². The van der Waals surface area contributed by atoms with E-state index in [-0.39, 0.29) is 10.8 Å². The van der Waals surface area contributed by atoms with Crippen molar-refractivity contribution in [3.05, 3.63) is 83.2 Å². The number of rotatable bonds is 6. The van der Waals surface area contributed by atoms with Crippen LogP contribution in [0.2, 0.25) is 0 Å². The van der Waals surface area contributed by atoms with Gasteiger partial charge in [-0.2, -0.15) is 18.4 Å². The van der Waals surface area contributed by atoms with Gasteiger partial charge in [0.15, 0.2) is 10.8 Å². The average Bonchev–Trinajstić information content (AvgIpc) is 3.05. The van der Waals surface area contributed by atoms with E-state index in [9.17, 15) is 18.0 Å². The van der Waals surface area contributed by atoms with E-state index in [1.807, 2.05) is 48.5 Å². The molecule has 2 heterocycles. The Morgan fingerprint density at radius 1 is 1.13 bits per heavy atom. The van der Waals surface area contributed by atoms with Crippen molar-refractivity contribution in [2.45, 2.75) is 57.3 Å². The van der Waals surface area contributed by atoms with Crippen molar-refractivity contribution in [1.82, 2.24) is 4.98 Å². The Bertz CT molecular complexity index is 1480. The van der Waals surface area contributed by atoms with Crippen LogP contribution in [0.1, 0.15) is 61.4 Å². The molecule has 1 aliphatic heterocycles. The van der Waals surface area contributed by atoms with Crippen LogP contribution in [0.4, 0.5) is 24.5 Å². The van der Waals surface area contributed by atoms with Crippen LogP contribution < -0.4 is 14.5 Å². The highest BCUT2D eigenvalue weighted by atomic mass is 32.1. The van der Waals surface area contributed by atoms with Crippen molar-refractivity contribution in [3.63, 3.8) is 0 Å². The molecule has 3 aromatic rings. The summed E-state index contributed by atoms with van der Waals surface area (Å²) in [6.45, 7) is 3.76. The highest BCUT2D eigenvalue weighted by molar-refractivity contribution is 7.81. The van der Waals surface area contributed by atoms with Gasteiger partial charge in [0.25, 0.3) is 5.91 Å². The number of nitrogens with zero attached hydrogens (tertiary/aromatic N) is 4. The molecule has 200 valence electrons. The molecular formula is C29H25F3N4O2S. The zero-order valence-corrected chi connectivity index (χ0v) is 22.1. The molecule has 1 aromatic heterocycles. The van der Waals surface area contributed by atoms with Crippen molar-refractivity contribution in [2.75, 3.05) is 9.80 Å². The number of benzene rings is 2. The summed E-state index contributed by atoms with van der Waals surface area (Å²) in [5, 5.41) is 9.13. The molecule has 1 amide bonds. The van der Waals surface area contributed by atoms with E-state index in [1.54, 1.807) is 18.7 Å². The number of aromatic nitrogens is 1. The van der Waals surface area contributed by atoms with Gasteiger partial charge in [0.2, 0.25) is 0 Å². The van der Waals surface area contributed by atoms with Crippen LogP contribution >= 0.6 is 12.2 Å². The van der Waals surface area contributed by atoms with Gasteiger partial charge in [0.1, 0.15) is 24.0 Å². The smallest absolute Gasteiger partial charge is 0.419 e. The molecule has 0 radical (unpaired) electrons. The Labute approximate surface area is 229 Å². The molecule has 0 atom stereocenters. The minimum atomic E-state index is -4.82. The lowest BCUT2D eigenvalue weighted by molar-refractivity contribution is -0.138. The second-order valence-corrected chi connectivity index (χ2v) is 10.5. The third kappa shape index (κ3) is 4.83. The van der Waals surface area contributed by atoms with E-state index >= 15 is 0 Å². The monoisotopic (exact) mass is 550 g/mol. The Balaban J connectivity index is 1.50. The van der Waals surface area contributed by atoms with Crippen molar-refractivity contribution >= 4 is 34.6 Å². The fraction of sp³-hybridized carbons (Fsp3) is 0.310. The quantitative estimate of drug-likeness (QED) is 0.317. The first-order valence-corrected chi connectivity index (χ1v) is 12.9. The fourth-order valence-electron chi connectivity index (χ4n) is 4.92. The normalized spacial score (nSPS) is 17.2. The van der Waals surface area contributed by atoms with Crippen LogP contribution in [-0.4, -0.2) is 21.5 Å². The number of hydrogen-bond donors (Lipinski definition) is 0. The predicted molar refractivity (Wildman–Crippen MR) is 144 cm³/mol. The minimum Gasteiger partial charge on any atom is -0.489 e. The molecule has 39 heavy (non-hydrogen) atoms. The van der Waals surface area contributed by atoms with Crippen LogP contribution in [0.5, 0.6) is 5.75 Å². The third-order valence-electron chi connectivity index (χ3n) is 7.24. The number of carbonyl (C=O) groups excluding carboxylic acids is 1. The number of carbonyl (C=O) groups is 1. The molecule has 1 saturated carbocycles. The van der Waals surface area contributed by atoms with Gasteiger partial charge in [-0.1, -0.05) is 36.8 Å². The Morgan fingerprint density at radius 2 is 1.85 bits per heavy atom. The third-order valence-corrected chi connectivity index (χ3v) is 7.61. The van der Waals surface area contributed by atoms with E-state index in [4.69, 9.17) is 22.2 Å². The van der Waals surface area contributed by atoms with E-state index in [0.717, 1.165) is 53.3 Å². The Hall–Kier alpha value is -3.97. The molecule has 6 nitrogen and oxygen atoms in total. The summed E-state index contributed by atoms with van der Waals surface area (Å²) in [6, 6.07) is 17.7. The Morgan fingerprint density at radius 3 is 2.46 bits per heavy atom. The summed E-state index contributed by atoms with van der Waals surface area (Å²) in [5.41, 5.74) is -0.622. The van der Waals surface area contributed by atoms with Gasteiger partial charge in [-0.05, 0) is 80.2 Å². The summed E-state index contributed by atoms with van der Waals surface area (Å²) in [4.78, 5) is 19.9. The average molecular weight is 551 g/mol. The number of halogens is 3. The zero-order chi connectivity index (χ0) is 27.9. The molecule has 5 rings (SSSR count). The number of ether oxygens (including phenoxy) is 1. The Kier molecular flexibility index (Phi) is 6.81. The molecular weight excluding hydrogens is 525 g/mol. The summed E-state index contributed by atoms with van der Waals surface area (Å²) in [5.74, 6) is 0.560. The lowest BCUT2D eigenvalue weighted by Crippen LogP contribution is -2.44. The number of anilines is 2. The van der Waals surface area contributed by atoms with E-state index in [0.29, 0.717) is 18.2 Å². The van der Waals surface area contributed by atoms with Gasteiger partial charge in [-0.3, -0.25) is 9.69 Å². The van der Waals surface area contributed by atoms with Crippen molar-refractivity contribution in [2.24, 2.45) is 0 Å². The van der Waals surface area contributed by atoms with Crippen LogP contribution in [-0.2, 0) is 17.6 Å². The molecule has 0 bridgehead atoms. The van der Waals surface area contributed by atoms with E-state index in [2.05, 4.69) is 4.98 Å². The van der Waals surface area contributed by atoms with Gasteiger partial charge in [-0.15, -0.1) is 0 Å². The lowest BCUT2D eigenvalue weighted by Gasteiger charge is -2.32. The summed E-state index contributed by atoms with van der Waals surface area (Å²) >= 11 is 5.67. The number of pyridine rings is 1. The molecule has 0 unspecified atom stereocenters. The van der Waals surface area contributed by atoms with Crippen LogP contribution in [0.25, 0.3) is 0 Å². The van der Waals surface area contributed by atoms with Gasteiger partial charge < -0.3 is 9.64 Å². The summed E-state index contributed by atoms with van der Waals surface area (Å²) < 4.78 is 47.0.